The van der Waals surface area contributed by atoms with Gasteiger partial charge in [0.05, 0.1) is 11.1 Å². The quantitative estimate of drug-likeness (QED) is 0.168. The number of para-hydroxylation sites is 1. The zero-order chi connectivity index (χ0) is 38.9. The third-order valence-corrected chi connectivity index (χ3v) is 13.5. The van der Waals surface area contributed by atoms with Crippen molar-refractivity contribution in [1.82, 2.24) is 0 Å². The number of thiophene rings is 1. The maximum Gasteiger partial charge on any atom is 0.178 e. The van der Waals surface area contributed by atoms with Crippen LogP contribution in [0.25, 0.3) is 36.9 Å². The number of ether oxygens (including phenoxy) is 2. The molecule has 2 aliphatic carbocycles. The van der Waals surface area contributed by atoms with E-state index in [1.807, 2.05) is 11.3 Å². The van der Waals surface area contributed by atoms with Crippen molar-refractivity contribution in [3.63, 3.8) is 0 Å². The lowest BCUT2D eigenvalue weighted by Gasteiger charge is -2.34. The van der Waals surface area contributed by atoms with E-state index < -0.39 is 5.41 Å². The molecule has 9 aromatic rings. The van der Waals surface area contributed by atoms with Crippen LogP contribution in [0.4, 0.5) is 11.4 Å². The predicted molar refractivity (Wildman–Crippen MR) is 244 cm³/mol. The maximum atomic E-state index is 7.03. The van der Waals surface area contributed by atoms with Gasteiger partial charge in [0, 0.05) is 43.2 Å². The molecule has 0 N–H and O–H groups in total. The number of hydrogen-bond donors (Lipinski definition) is 0. The molecule has 4 heteroatoms. The summed E-state index contributed by atoms with van der Waals surface area (Å²) in [5.41, 5.74) is 12.4. The molecule has 8 aromatic carbocycles. The average molecular weight is 776 g/mol. The number of benzene rings is 8. The van der Waals surface area contributed by atoms with Gasteiger partial charge in [0.25, 0.3) is 0 Å². The summed E-state index contributed by atoms with van der Waals surface area (Å²) in [6.07, 6.45) is 6.54. The van der Waals surface area contributed by atoms with E-state index in [0.29, 0.717) is 17.2 Å². The Labute approximate surface area is 347 Å². The fourth-order valence-electron chi connectivity index (χ4n) is 9.81. The SMILES string of the molecule is C1=CC(N(c2ccccc2)c2ccc3c(c2)Oc2ccc4c(c2O3)-c2ccccc2C4(c2ccccc2)c2ccccc2)=C(c2cccc3c2sc2ccccc23)CC1. The highest BCUT2D eigenvalue weighted by Gasteiger charge is 2.48. The van der Waals surface area contributed by atoms with Crippen LogP contribution in [0.5, 0.6) is 23.0 Å². The fourth-order valence-corrected chi connectivity index (χ4v) is 11.1. The van der Waals surface area contributed by atoms with Gasteiger partial charge in [-0.3, -0.25) is 0 Å². The van der Waals surface area contributed by atoms with Gasteiger partial charge in [-0.2, -0.15) is 0 Å². The standard InChI is InChI=1S/C55H37NO2S/c1-4-17-36(18-5-1)55(37-19-6-2-7-20-37)45-28-13-10-25-44(45)52-46(55)32-34-49-53(52)58-48-33-31-39(35-50(48)57-49)56(38-21-8-3-9-22-38)47-29-14-11-23-40(47)42-26-16-27-43-41-24-12-15-30-51(41)59-54(42)43/h1-10,12-22,24-35H,11,23H2. The second kappa shape index (κ2) is 13.5. The van der Waals surface area contributed by atoms with Gasteiger partial charge in [0.1, 0.15) is 0 Å². The third-order valence-electron chi connectivity index (χ3n) is 12.3. The van der Waals surface area contributed by atoms with Crippen LogP contribution in [0.1, 0.15) is 40.7 Å². The van der Waals surface area contributed by atoms with Crippen LogP contribution in [0.2, 0.25) is 0 Å². The van der Waals surface area contributed by atoms with Gasteiger partial charge < -0.3 is 14.4 Å². The Kier molecular flexibility index (Phi) is 7.75. The average Bonchev–Trinajstić information content (AvgIpc) is 3.84. The Hall–Kier alpha value is -7.14. The smallest absolute Gasteiger partial charge is 0.178 e. The van der Waals surface area contributed by atoms with E-state index in [-0.39, 0.29) is 0 Å². The first-order chi connectivity index (χ1) is 29.3. The number of anilines is 2. The molecule has 12 rings (SSSR count). The normalized spacial score (nSPS) is 14.6. The molecule has 2 heterocycles. The van der Waals surface area contributed by atoms with Crippen molar-refractivity contribution < 1.29 is 9.47 Å². The molecule has 0 unspecified atom stereocenters. The van der Waals surface area contributed by atoms with Gasteiger partial charge in [-0.25, -0.2) is 0 Å². The maximum absolute atomic E-state index is 7.03. The monoisotopic (exact) mass is 775 g/mol. The van der Waals surface area contributed by atoms with Crippen LogP contribution in [-0.4, -0.2) is 0 Å². The summed E-state index contributed by atoms with van der Waals surface area (Å²) in [4.78, 5) is 2.38. The molecule has 3 aliphatic rings. The van der Waals surface area contributed by atoms with E-state index in [1.54, 1.807) is 0 Å². The minimum absolute atomic E-state index is 0.522. The Bertz CT molecular complexity index is 3120. The van der Waals surface area contributed by atoms with Crippen molar-refractivity contribution in [1.29, 1.82) is 0 Å². The minimum atomic E-state index is -0.522. The summed E-state index contributed by atoms with van der Waals surface area (Å²) in [6.45, 7) is 0. The summed E-state index contributed by atoms with van der Waals surface area (Å²) >= 11 is 1.89. The molecular weight excluding hydrogens is 739 g/mol. The molecule has 280 valence electrons. The first kappa shape index (κ1) is 33.9. The first-order valence-electron chi connectivity index (χ1n) is 20.3. The van der Waals surface area contributed by atoms with E-state index in [2.05, 4.69) is 205 Å². The molecule has 0 saturated heterocycles. The molecule has 0 radical (unpaired) electrons. The molecule has 3 nitrogen and oxygen atoms in total. The van der Waals surface area contributed by atoms with Gasteiger partial charge in [0.2, 0.25) is 0 Å². The second-order valence-corrected chi connectivity index (χ2v) is 16.5. The molecule has 0 spiro atoms. The minimum Gasteiger partial charge on any atom is -0.449 e. The molecule has 0 atom stereocenters. The van der Waals surface area contributed by atoms with Crippen LogP contribution < -0.4 is 14.4 Å². The largest absolute Gasteiger partial charge is 0.449 e. The van der Waals surface area contributed by atoms with Crippen LogP contribution >= 0.6 is 11.3 Å². The number of fused-ring (bicyclic) bond motifs is 9. The molecule has 1 aromatic heterocycles. The van der Waals surface area contributed by atoms with E-state index >= 15 is 0 Å². The Morgan fingerprint density at radius 1 is 0.508 bits per heavy atom. The lowest BCUT2D eigenvalue weighted by atomic mass is 9.68. The lowest BCUT2D eigenvalue weighted by Crippen LogP contribution is -2.28. The number of nitrogens with zero attached hydrogens (tertiary/aromatic N) is 1. The molecular formula is C55H37NO2S. The van der Waals surface area contributed by atoms with E-state index in [1.165, 1.54) is 53.6 Å². The fraction of sp³-hybridized carbons (Fsp3) is 0.0545. The van der Waals surface area contributed by atoms with E-state index in [9.17, 15) is 0 Å². The van der Waals surface area contributed by atoms with Gasteiger partial charge >= 0.3 is 0 Å². The Balaban J connectivity index is 1.00. The number of allylic oxidation sites excluding steroid dienone is 3. The highest BCUT2D eigenvalue weighted by Crippen LogP contribution is 2.62. The van der Waals surface area contributed by atoms with Gasteiger partial charge in [0.15, 0.2) is 23.0 Å². The summed E-state index contributed by atoms with van der Waals surface area (Å²) in [5.74, 6) is 2.84. The van der Waals surface area contributed by atoms with Crippen LogP contribution in [0.3, 0.4) is 0 Å². The van der Waals surface area contributed by atoms with Crippen molar-refractivity contribution in [2.75, 3.05) is 4.90 Å². The zero-order valence-electron chi connectivity index (χ0n) is 32.1. The summed E-state index contributed by atoms with van der Waals surface area (Å²) in [5, 5.41) is 2.63. The highest BCUT2D eigenvalue weighted by molar-refractivity contribution is 7.26. The van der Waals surface area contributed by atoms with Crippen molar-refractivity contribution in [3.05, 3.63) is 234 Å². The Morgan fingerprint density at radius 3 is 2.00 bits per heavy atom. The van der Waals surface area contributed by atoms with E-state index in [4.69, 9.17) is 9.47 Å². The topological polar surface area (TPSA) is 21.7 Å². The number of hydrogen-bond acceptors (Lipinski definition) is 4. The Morgan fingerprint density at radius 2 is 1.19 bits per heavy atom. The molecule has 0 fully saturated rings. The lowest BCUT2D eigenvalue weighted by molar-refractivity contribution is 0.360. The predicted octanol–water partition coefficient (Wildman–Crippen LogP) is 15.2. The number of rotatable bonds is 6. The molecule has 0 amide bonds. The summed E-state index contributed by atoms with van der Waals surface area (Å²) in [7, 11) is 0. The second-order valence-electron chi connectivity index (χ2n) is 15.4. The summed E-state index contributed by atoms with van der Waals surface area (Å²) < 4.78 is 16.6. The zero-order valence-corrected chi connectivity index (χ0v) is 33.0. The first-order valence-corrected chi connectivity index (χ1v) is 21.1. The molecule has 0 bridgehead atoms. The van der Waals surface area contributed by atoms with Gasteiger partial charge in [-0.05, 0) is 94.3 Å². The summed E-state index contributed by atoms with van der Waals surface area (Å²) in [6, 6.07) is 67.4. The van der Waals surface area contributed by atoms with Crippen molar-refractivity contribution in [2.45, 2.75) is 18.3 Å². The van der Waals surface area contributed by atoms with Crippen molar-refractivity contribution in [2.24, 2.45) is 0 Å². The highest BCUT2D eigenvalue weighted by atomic mass is 32.1. The molecule has 59 heavy (non-hydrogen) atoms. The van der Waals surface area contributed by atoms with Gasteiger partial charge in [-0.1, -0.05) is 152 Å². The van der Waals surface area contributed by atoms with Crippen molar-refractivity contribution >= 4 is 48.5 Å². The van der Waals surface area contributed by atoms with Crippen LogP contribution in [-0.2, 0) is 5.41 Å². The van der Waals surface area contributed by atoms with Gasteiger partial charge in [-0.15, -0.1) is 11.3 Å². The molecule has 1 aliphatic heterocycles. The third kappa shape index (κ3) is 5.13. The van der Waals surface area contributed by atoms with Crippen LogP contribution in [0, 0.1) is 0 Å². The van der Waals surface area contributed by atoms with E-state index in [0.717, 1.165) is 46.8 Å². The molecule has 0 saturated carbocycles. The van der Waals surface area contributed by atoms with Crippen molar-refractivity contribution in [3.8, 4) is 34.1 Å². The van der Waals surface area contributed by atoms with Crippen LogP contribution in [0.15, 0.2) is 206 Å².